The standard InChI is InChI=1S/C22H24ClN5O6/c23-13-4-5-18(30)16(7-13)17(8-20(32)33)28-19(31)11-24-21(34)12-2-1-3-14(6-12)27-22-25-9-15(29)10-26-22/h1-7,15,17,29-30H,8-11H2,(H,24,34)(H,28,31)(H,32,33)(H2,25,26,27). The lowest BCUT2D eigenvalue weighted by molar-refractivity contribution is -0.137. The van der Waals surface area contributed by atoms with Crippen molar-refractivity contribution in [2.45, 2.75) is 18.6 Å². The zero-order valence-corrected chi connectivity index (χ0v) is 18.7. The van der Waals surface area contributed by atoms with E-state index in [1.165, 1.54) is 18.2 Å². The van der Waals surface area contributed by atoms with E-state index in [0.717, 1.165) is 0 Å². The number of phenols is 1. The van der Waals surface area contributed by atoms with Gasteiger partial charge in [-0.2, -0.15) is 0 Å². The SMILES string of the molecule is O=C(O)CC(NC(=O)CNC(=O)c1cccc(NC2=NCC(O)CN2)c1)c1cc(Cl)ccc1O. The monoisotopic (exact) mass is 489 g/mol. The Balaban J connectivity index is 1.59. The van der Waals surface area contributed by atoms with E-state index in [1.54, 1.807) is 24.3 Å². The number of aromatic hydroxyl groups is 1. The van der Waals surface area contributed by atoms with Crippen LogP contribution in [0.15, 0.2) is 47.5 Å². The highest BCUT2D eigenvalue weighted by atomic mass is 35.5. The molecule has 12 heteroatoms. The first-order valence-electron chi connectivity index (χ1n) is 10.3. The van der Waals surface area contributed by atoms with E-state index < -0.39 is 42.9 Å². The van der Waals surface area contributed by atoms with Gasteiger partial charge in [-0.3, -0.25) is 19.4 Å². The molecule has 2 amide bonds. The number of aliphatic imine (C=N–C) groups is 1. The molecule has 2 aromatic rings. The van der Waals surface area contributed by atoms with Crippen LogP contribution in [0.3, 0.4) is 0 Å². The number of hydrogen-bond donors (Lipinski definition) is 7. The number of carboxylic acids is 1. The third-order valence-corrected chi connectivity index (χ3v) is 5.08. The first-order chi connectivity index (χ1) is 16.2. The molecule has 0 bridgehead atoms. The lowest BCUT2D eigenvalue weighted by atomic mass is 10.0. The number of nitrogens with zero attached hydrogens (tertiary/aromatic N) is 1. The van der Waals surface area contributed by atoms with Gasteiger partial charge in [0.15, 0.2) is 5.96 Å². The minimum absolute atomic E-state index is 0.153. The average Bonchev–Trinajstić information content (AvgIpc) is 2.80. The highest BCUT2D eigenvalue weighted by Crippen LogP contribution is 2.29. The van der Waals surface area contributed by atoms with Gasteiger partial charge in [0, 0.05) is 28.4 Å². The van der Waals surface area contributed by atoms with Gasteiger partial charge in [0.05, 0.1) is 31.7 Å². The fourth-order valence-corrected chi connectivity index (χ4v) is 3.40. The third-order valence-electron chi connectivity index (χ3n) is 4.84. The van der Waals surface area contributed by atoms with Gasteiger partial charge in [-0.05, 0) is 36.4 Å². The summed E-state index contributed by atoms with van der Waals surface area (Å²) in [5.41, 5.74) is 1.02. The van der Waals surface area contributed by atoms with Crippen LogP contribution in [0, 0.1) is 0 Å². The largest absolute Gasteiger partial charge is 0.508 e. The van der Waals surface area contributed by atoms with Crippen molar-refractivity contribution in [1.29, 1.82) is 0 Å². The molecule has 2 aromatic carbocycles. The van der Waals surface area contributed by atoms with E-state index in [0.29, 0.717) is 18.2 Å². The molecule has 0 spiro atoms. The maximum atomic E-state index is 12.5. The number of halogens is 1. The van der Waals surface area contributed by atoms with Crippen molar-refractivity contribution in [3.63, 3.8) is 0 Å². The average molecular weight is 490 g/mol. The second-order valence-electron chi connectivity index (χ2n) is 7.53. The second kappa shape index (κ2) is 11.3. The molecule has 0 saturated heterocycles. The smallest absolute Gasteiger partial charge is 0.305 e. The van der Waals surface area contributed by atoms with E-state index in [4.69, 9.17) is 11.6 Å². The number of rotatable bonds is 8. The minimum Gasteiger partial charge on any atom is -0.508 e. The number of aliphatic hydroxyl groups excluding tert-OH is 1. The molecule has 1 aliphatic heterocycles. The van der Waals surface area contributed by atoms with Crippen molar-refractivity contribution in [2.75, 3.05) is 25.0 Å². The summed E-state index contributed by atoms with van der Waals surface area (Å²) >= 11 is 5.93. The molecular formula is C22H24ClN5O6. The van der Waals surface area contributed by atoms with Crippen LogP contribution in [-0.4, -0.2) is 64.8 Å². The number of hydrogen-bond acceptors (Lipinski definition) is 8. The van der Waals surface area contributed by atoms with E-state index in [9.17, 15) is 29.7 Å². The summed E-state index contributed by atoms with van der Waals surface area (Å²) in [6.07, 6.45) is -1.04. The molecule has 0 aliphatic carbocycles. The Morgan fingerprint density at radius 3 is 2.71 bits per heavy atom. The third kappa shape index (κ3) is 7.09. The van der Waals surface area contributed by atoms with Crippen molar-refractivity contribution in [1.82, 2.24) is 16.0 Å². The van der Waals surface area contributed by atoms with Crippen molar-refractivity contribution in [3.05, 3.63) is 58.6 Å². The highest BCUT2D eigenvalue weighted by molar-refractivity contribution is 6.30. The molecule has 180 valence electrons. The van der Waals surface area contributed by atoms with Crippen LogP contribution >= 0.6 is 11.6 Å². The zero-order valence-electron chi connectivity index (χ0n) is 17.9. The quantitative estimate of drug-likeness (QED) is 0.285. The normalized spacial score (nSPS) is 15.9. The maximum absolute atomic E-state index is 12.5. The van der Waals surface area contributed by atoms with Gasteiger partial charge in [-0.25, -0.2) is 0 Å². The lowest BCUT2D eigenvalue weighted by Gasteiger charge is -2.20. The Morgan fingerprint density at radius 2 is 2.00 bits per heavy atom. The fraction of sp³-hybridized carbons (Fsp3) is 0.273. The van der Waals surface area contributed by atoms with Gasteiger partial charge >= 0.3 is 5.97 Å². The first kappa shape index (κ1) is 24.8. The van der Waals surface area contributed by atoms with Crippen LogP contribution in [0.5, 0.6) is 5.75 Å². The number of anilines is 1. The van der Waals surface area contributed by atoms with Crippen LogP contribution in [-0.2, 0) is 9.59 Å². The summed E-state index contributed by atoms with van der Waals surface area (Å²) in [6.45, 7) is 0.206. The predicted molar refractivity (Wildman–Crippen MR) is 125 cm³/mol. The highest BCUT2D eigenvalue weighted by Gasteiger charge is 2.22. The molecule has 34 heavy (non-hydrogen) atoms. The van der Waals surface area contributed by atoms with Crippen LogP contribution in [0.25, 0.3) is 0 Å². The van der Waals surface area contributed by atoms with E-state index in [-0.39, 0.29) is 28.4 Å². The lowest BCUT2D eigenvalue weighted by Crippen LogP contribution is -2.42. The fourth-order valence-electron chi connectivity index (χ4n) is 3.22. The number of aliphatic hydroxyl groups is 1. The Hall–Kier alpha value is -3.83. The number of benzene rings is 2. The molecule has 3 rings (SSSR count). The first-order valence-corrected chi connectivity index (χ1v) is 10.7. The van der Waals surface area contributed by atoms with Crippen LogP contribution in [0.2, 0.25) is 5.02 Å². The van der Waals surface area contributed by atoms with Crippen LogP contribution in [0.4, 0.5) is 5.69 Å². The molecule has 0 fully saturated rings. The zero-order chi connectivity index (χ0) is 24.7. The maximum Gasteiger partial charge on any atom is 0.305 e. The Bertz CT molecular complexity index is 1110. The van der Waals surface area contributed by atoms with E-state index in [2.05, 4.69) is 26.3 Å². The van der Waals surface area contributed by atoms with Crippen LogP contribution in [0.1, 0.15) is 28.4 Å². The van der Waals surface area contributed by atoms with Crippen molar-refractivity contribution in [3.8, 4) is 5.75 Å². The topological polar surface area (TPSA) is 172 Å². The Morgan fingerprint density at radius 1 is 1.21 bits per heavy atom. The molecule has 2 atom stereocenters. The predicted octanol–water partition coefficient (Wildman–Crippen LogP) is 0.840. The summed E-state index contributed by atoms with van der Waals surface area (Å²) in [4.78, 5) is 40.3. The van der Waals surface area contributed by atoms with Crippen LogP contribution < -0.4 is 21.3 Å². The van der Waals surface area contributed by atoms with Gasteiger partial charge in [0.25, 0.3) is 5.91 Å². The molecule has 2 unspecified atom stereocenters. The van der Waals surface area contributed by atoms with Gasteiger partial charge in [-0.15, -0.1) is 0 Å². The summed E-state index contributed by atoms with van der Waals surface area (Å²) in [5, 5.41) is 39.9. The number of nitrogens with one attached hydrogen (secondary N) is 4. The minimum atomic E-state index is -1.19. The van der Waals surface area contributed by atoms with Gasteiger partial charge in [0.2, 0.25) is 5.91 Å². The number of amides is 2. The van der Waals surface area contributed by atoms with Crippen molar-refractivity contribution in [2.24, 2.45) is 4.99 Å². The number of carbonyl (C=O) groups excluding carboxylic acids is 2. The molecule has 0 radical (unpaired) electrons. The summed E-state index contributed by atoms with van der Waals surface area (Å²) < 4.78 is 0. The number of carbonyl (C=O) groups is 3. The van der Waals surface area contributed by atoms with Gasteiger partial charge in [0.1, 0.15) is 5.75 Å². The number of β-amino-alcohol motifs (C(OH)–C–C–N with tert-alkyl or cyclic N) is 1. The second-order valence-corrected chi connectivity index (χ2v) is 7.97. The molecular weight excluding hydrogens is 466 g/mol. The number of phenolic OH excluding ortho intramolecular Hbond substituents is 1. The van der Waals surface area contributed by atoms with Gasteiger partial charge < -0.3 is 36.6 Å². The van der Waals surface area contributed by atoms with E-state index >= 15 is 0 Å². The molecule has 0 saturated carbocycles. The molecule has 7 N–H and O–H groups in total. The molecule has 11 nitrogen and oxygen atoms in total. The van der Waals surface area contributed by atoms with E-state index in [1.807, 2.05) is 0 Å². The van der Waals surface area contributed by atoms with Gasteiger partial charge in [-0.1, -0.05) is 17.7 Å². The molecule has 1 heterocycles. The Labute approximate surface area is 199 Å². The summed E-state index contributed by atoms with van der Waals surface area (Å²) in [6, 6.07) is 9.58. The van der Waals surface area contributed by atoms with Crippen molar-refractivity contribution >= 4 is 41.0 Å². The number of aliphatic carboxylic acids is 1. The molecule has 1 aliphatic rings. The Kier molecular flexibility index (Phi) is 8.28. The summed E-state index contributed by atoms with van der Waals surface area (Å²) in [5.74, 6) is -2.10. The number of guanidine groups is 1. The van der Waals surface area contributed by atoms with Crippen molar-refractivity contribution < 1.29 is 29.7 Å². The summed E-state index contributed by atoms with van der Waals surface area (Å²) in [7, 11) is 0. The number of carboxylic acid groups (broad SMARTS) is 1. The molecule has 0 aromatic heterocycles.